The number of benzene rings is 1. The molecule has 0 aliphatic carbocycles. The molecule has 1 aromatic rings. The summed E-state index contributed by atoms with van der Waals surface area (Å²) in [5, 5.41) is 0. The Morgan fingerprint density at radius 1 is 1.47 bits per heavy atom. The van der Waals surface area contributed by atoms with Crippen molar-refractivity contribution >= 4 is 5.69 Å². The van der Waals surface area contributed by atoms with Crippen LogP contribution >= 0.6 is 0 Å². The molecule has 0 bridgehead atoms. The zero-order valence-corrected chi connectivity index (χ0v) is 10.8. The molecule has 0 saturated carbocycles. The number of likely N-dealkylation sites (N-methyl/N-ethyl adjacent to an activating group) is 1. The third-order valence-corrected chi connectivity index (χ3v) is 3.66. The lowest BCUT2D eigenvalue weighted by Gasteiger charge is -2.40. The van der Waals surface area contributed by atoms with Crippen LogP contribution in [0.4, 0.5) is 5.69 Å². The quantitative estimate of drug-likeness (QED) is 0.865. The zero-order chi connectivity index (χ0) is 12.3. The first-order valence-electron chi connectivity index (χ1n) is 6.34. The summed E-state index contributed by atoms with van der Waals surface area (Å²) in [5.41, 5.74) is 8.53. The van der Waals surface area contributed by atoms with Gasteiger partial charge in [0.15, 0.2) is 0 Å². The Labute approximate surface area is 104 Å². The molecule has 3 nitrogen and oxygen atoms in total. The van der Waals surface area contributed by atoms with Gasteiger partial charge in [-0.15, -0.1) is 0 Å². The first-order chi connectivity index (χ1) is 8.22. The van der Waals surface area contributed by atoms with E-state index in [1.807, 2.05) is 0 Å². The molecule has 1 heterocycles. The molecule has 0 amide bonds. The van der Waals surface area contributed by atoms with Crippen LogP contribution in [-0.4, -0.2) is 31.8 Å². The van der Waals surface area contributed by atoms with E-state index in [9.17, 15) is 0 Å². The molecular formula is C14H22N2O. The monoisotopic (exact) mass is 234 g/mol. The van der Waals surface area contributed by atoms with E-state index in [1.165, 1.54) is 11.3 Å². The van der Waals surface area contributed by atoms with Gasteiger partial charge in [-0.3, -0.25) is 0 Å². The molecule has 0 radical (unpaired) electrons. The Hall–Kier alpha value is -1.06. The second-order valence-electron chi connectivity index (χ2n) is 4.81. The number of aryl methyl sites for hydroxylation is 1. The van der Waals surface area contributed by atoms with Gasteiger partial charge < -0.3 is 15.4 Å². The van der Waals surface area contributed by atoms with E-state index in [-0.39, 0.29) is 5.54 Å². The lowest BCUT2D eigenvalue weighted by molar-refractivity contribution is 0.177. The van der Waals surface area contributed by atoms with Crippen LogP contribution in [0.2, 0.25) is 0 Å². The molecule has 2 rings (SSSR count). The van der Waals surface area contributed by atoms with Crippen molar-refractivity contribution in [2.45, 2.75) is 25.8 Å². The lowest BCUT2D eigenvalue weighted by atomic mass is 9.95. The first-order valence-corrected chi connectivity index (χ1v) is 6.34. The molecule has 0 aromatic heterocycles. The summed E-state index contributed by atoms with van der Waals surface area (Å²) < 4.78 is 5.56. The van der Waals surface area contributed by atoms with Crippen LogP contribution in [-0.2, 0) is 4.74 Å². The van der Waals surface area contributed by atoms with Gasteiger partial charge in [-0.25, -0.2) is 0 Å². The summed E-state index contributed by atoms with van der Waals surface area (Å²) in [4.78, 5) is 2.40. The van der Waals surface area contributed by atoms with Crippen LogP contribution in [0.1, 0.15) is 18.9 Å². The lowest BCUT2D eigenvalue weighted by Crippen LogP contribution is -2.55. The standard InChI is InChI=1S/C14H22N2O/c1-3-16(13-6-4-5-12(2)9-13)14(10-15)7-8-17-11-14/h4-6,9H,3,7-8,10-11,15H2,1-2H3. The van der Waals surface area contributed by atoms with Crippen LogP contribution in [0, 0.1) is 6.92 Å². The fourth-order valence-electron chi connectivity index (χ4n) is 2.67. The molecule has 94 valence electrons. The Morgan fingerprint density at radius 3 is 2.82 bits per heavy atom. The molecule has 1 aliphatic rings. The number of hydrogen-bond acceptors (Lipinski definition) is 3. The minimum absolute atomic E-state index is 0.0114. The highest BCUT2D eigenvalue weighted by molar-refractivity contribution is 5.51. The van der Waals surface area contributed by atoms with Crippen molar-refractivity contribution < 1.29 is 4.74 Å². The van der Waals surface area contributed by atoms with Crippen molar-refractivity contribution in [3.05, 3.63) is 29.8 Å². The average molecular weight is 234 g/mol. The minimum Gasteiger partial charge on any atom is -0.379 e. The maximum atomic E-state index is 6.00. The Kier molecular flexibility index (Phi) is 3.69. The van der Waals surface area contributed by atoms with Gasteiger partial charge in [0, 0.05) is 25.4 Å². The van der Waals surface area contributed by atoms with Crippen molar-refractivity contribution in [1.29, 1.82) is 0 Å². The van der Waals surface area contributed by atoms with Gasteiger partial charge in [0.1, 0.15) is 0 Å². The smallest absolute Gasteiger partial charge is 0.0778 e. The Morgan fingerprint density at radius 2 is 2.29 bits per heavy atom. The summed E-state index contributed by atoms with van der Waals surface area (Å²) in [5.74, 6) is 0. The fraction of sp³-hybridized carbons (Fsp3) is 0.571. The summed E-state index contributed by atoms with van der Waals surface area (Å²) in [6.07, 6.45) is 1.02. The third-order valence-electron chi connectivity index (χ3n) is 3.66. The van der Waals surface area contributed by atoms with E-state index in [0.717, 1.165) is 26.2 Å². The van der Waals surface area contributed by atoms with Gasteiger partial charge in [-0.1, -0.05) is 12.1 Å². The summed E-state index contributed by atoms with van der Waals surface area (Å²) in [6, 6.07) is 8.61. The largest absolute Gasteiger partial charge is 0.379 e. The first kappa shape index (κ1) is 12.4. The predicted molar refractivity (Wildman–Crippen MR) is 71.4 cm³/mol. The van der Waals surface area contributed by atoms with Gasteiger partial charge in [0.2, 0.25) is 0 Å². The molecule has 17 heavy (non-hydrogen) atoms. The van der Waals surface area contributed by atoms with E-state index in [2.05, 4.69) is 43.0 Å². The Balaban J connectivity index is 2.32. The van der Waals surface area contributed by atoms with Crippen molar-refractivity contribution in [3.63, 3.8) is 0 Å². The number of hydrogen-bond donors (Lipinski definition) is 1. The minimum atomic E-state index is -0.0114. The van der Waals surface area contributed by atoms with Gasteiger partial charge in [-0.05, 0) is 38.0 Å². The van der Waals surface area contributed by atoms with Crippen molar-refractivity contribution in [1.82, 2.24) is 0 Å². The molecule has 1 saturated heterocycles. The maximum Gasteiger partial charge on any atom is 0.0778 e. The summed E-state index contributed by atoms with van der Waals surface area (Å²) in [7, 11) is 0. The highest BCUT2D eigenvalue weighted by Crippen LogP contribution is 2.30. The van der Waals surface area contributed by atoms with Crippen LogP contribution in [0.3, 0.4) is 0 Å². The van der Waals surface area contributed by atoms with Gasteiger partial charge in [0.05, 0.1) is 12.1 Å². The van der Waals surface area contributed by atoms with Gasteiger partial charge in [0.25, 0.3) is 0 Å². The highest BCUT2D eigenvalue weighted by atomic mass is 16.5. The summed E-state index contributed by atoms with van der Waals surface area (Å²) in [6.45, 7) is 7.47. The normalized spacial score (nSPS) is 23.9. The topological polar surface area (TPSA) is 38.5 Å². The molecule has 3 heteroatoms. The second kappa shape index (κ2) is 5.07. The van der Waals surface area contributed by atoms with Crippen molar-refractivity contribution in [3.8, 4) is 0 Å². The summed E-state index contributed by atoms with van der Waals surface area (Å²) >= 11 is 0. The van der Waals surface area contributed by atoms with Crippen molar-refractivity contribution in [2.75, 3.05) is 31.2 Å². The van der Waals surface area contributed by atoms with Gasteiger partial charge in [-0.2, -0.15) is 0 Å². The Bertz CT molecular complexity index is 372. The molecule has 1 aromatic carbocycles. The SMILES string of the molecule is CCN(c1cccc(C)c1)C1(CN)CCOC1. The predicted octanol–water partition coefficient (Wildman–Crippen LogP) is 1.94. The van der Waals surface area contributed by atoms with E-state index < -0.39 is 0 Å². The van der Waals surface area contributed by atoms with Crippen LogP contribution in [0.25, 0.3) is 0 Å². The number of nitrogens with zero attached hydrogens (tertiary/aromatic N) is 1. The van der Waals surface area contributed by atoms with E-state index in [1.54, 1.807) is 0 Å². The van der Waals surface area contributed by atoms with E-state index >= 15 is 0 Å². The fourth-order valence-corrected chi connectivity index (χ4v) is 2.67. The van der Waals surface area contributed by atoms with Crippen molar-refractivity contribution in [2.24, 2.45) is 5.73 Å². The molecule has 0 spiro atoms. The molecular weight excluding hydrogens is 212 g/mol. The number of anilines is 1. The average Bonchev–Trinajstić information content (AvgIpc) is 2.80. The molecule has 1 unspecified atom stereocenters. The number of ether oxygens (including phenoxy) is 1. The van der Waals surface area contributed by atoms with E-state index in [4.69, 9.17) is 10.5 Å². The van der Waals surface area contributed by atoms with Crippen LogP contribution < -0.4 is 10.6 Å². The second-order valence-corrected chi connectivity index (χ2v) is 4.81. The number of nitrogens with two attached hydrogens (primary N) is 1. The number of rotatable bonds is 4. The van der Waals surface area contributed by atoms with Crippen LogP contribution in [0.5, 0.6) is 0 Å². The molecule has 2 N–H and O–H groups in total. The third kappa shape index (κ3) is 2.31. The van der Waals surface area contributed by atoms with Crippen LogP contribution in [0.15, 0.2) is 24.3 Å². The highest BCUT2D eigenvalue weighted by Gasteiger charge is 2.38. The van der Waals surface area contributed by atoms with E-state index in [0.29, 0.717) is 6.54 Å². The molecule has 1 fully saturated rings. The maximum absolute atomic E-state index is 6.00. The van der Waals surface area contributed by atoms with Gasteiger partial charge >= 0.3 is 0 Å². The zero-order valence-electron chi connectivity index (χ0n) is 10.8. The molecule has 1 aliphatic heterocycles. The molecule has 1 atom stereocenters.